The van der Waals surface area contributed by atoms with Gasteiger partial charge in [0, 0.05) is 0 Å². The Morgan fingerprint density at radius 1 is 1.40 bits per heavy atom. The lowest BCUT2D eigenvalue weighted by Gasteiger charge is -1.99. The van der Waals surface area contributed by atoms with Crippen LogP contribution in [0, 0.1) is 17.3 Å². The van der Waals surface area contributed by atoms with Crippen molar-refractivity contribution in [1.29, 1.82) is 0 Å². The monoisotopic (exact) mass is 208 g/mol. The number of esters is 1. The Balaban J connectivity index is 2.05. The fraction of sp³-hybridized carbons (Fsp3) is 0.769. The summed E-state index contributed by atoms with van der Waals surface area (Å²) in [4.78, 5) is 11.5. The number of methoxy groups -OCH3 is 1. The molecule has 15 heavy (non-hydrogen) atoms. The third kappa shape index (κ3) is 1.82. The third-order valence-electron chi connectivity index (χ3n) is 4.03. The minimum atomic E-state index is -0.0418. The quantitative estimate of drug-likeness (QED) is 0.515. The van der Waals surface area contributed by atoms with Crippen LogP contribution >= 0.6 is 0 Å². The van der Waals surface area contributed by atoms with Gasteiger partial charge in [-0.1, -0.05) is 25.5 Å². The first-order valence-corrected chi connectivity index (χ1v) is 5.84. The van der Waals surface area contributed by atoms with Crippen molar-refractivity contribution >= 4 is 5.97 Å². The minimum Gasteiger partial charge on any atom is -0.469 e. The summed E-state index contributed by atoms with van der Waals surface area (Å²) >= 11 is 0. The van der Waals surface area contributed by atoms with Gasteiger partial charge in [0.15, 0.2) is 0 Å². The number of carbonyl (C=O) groups is 1. The molecule has 0 spiro atoms. The highest BCUT2D eigenvalue weighted by Crippen LogP contribution is 2.60. The Morgan fingerprint density at radius 3 is 2.53 bits per heavy atom. The average Bonchev–Trinajstić information content (AvgIpc) is 2.60. The number of ether oxygens (including phenoxy) is 1. The highest BCUT2D eigenvalue weighted by atomic mass is 16.5. The molecular weight excluding hydrogens is 188 g/mol. The van der Waals surface area contributed by atoms with Crippen LogP contribution < -0.4 is 0 Å². The van der Waals surface area contributed by atoms with Gasteiger partial charge in [-0.05, 0) is 37.0 Å². The Hall–Kier alpha value is -0.790. The number of carbonyl (C=O) groups excluding carboxylic acids is 1. The van der Waals surface area contributed by atoms with E-state index in [4.69, 9.17) is 4.74 Å². The maximum absolute atomic E-state index is 11.5. The van der Waals surface area contributed by atoms with Gasteiger partial charge in [0.05, 0.1) is 13.0 Å². The Labute approximate surface area is 91.7 Å². The molecule has 2 rings (SSSR count). The van der Waals surface area contributed by atoms with Crippen molar-refractivity contribution in [3.05, 3.63) is 11.6 Å². The molecule has 2 atom stereocenters. The van der Waals surface area contributed by atoms with Crippen LogP contribution in [0.1, 0.15) is 39.5 Å². The van der Waals surface area contributed by atoms with Gasteiger partial charge in [0.25, 0.3) is 0 Å². The molecule has 0 heterocycles. The molecule has 2 aliphatic carbocycles. The molecule has 0 unspecified atom stereocenters. The van der Waals surface area contributed by atoms with Crippen LogP contribution in [0.4, 0.5) is 0 Å². The lowest BCUT2D eigenvalue weighted by molar-refractivity contribution is -0.143. The molecule has 0 saturated heterocycles. The van der Waals surface area contributed by atoms with Gasteiger partial charge in [-0.15, -0.1) is 0 Å². The second-order valence-electron chi connectivity index (χ2n) is 5.38. The van der Waals surface area contributed by atoms with E-state index in [1.165, 1.54) is 32.8 Å². The highest BCUT2D eigenvalue weighted by Gasteiger charge is 2.61. The van der Waals surface area contributed by atoms with Crippen molar-refractivity contribution in [3.8, 4) is 0 Å². The molecule has 2 fully saturated rings. The van der Waals surface area contributed by atoms with E-state index in [0.29, 0.717) is 5.92 Å². The first-order chi connectivity index (χ1) is 7.07. The number of rotatable bonds is 2. The summed E-state index contributed by atoms with van der Waals surface area (Å²) in [5.41, 5.74) is 1.67. The topological polar surface area (TPSA) is 26.3 Å². The van der Waals surface area contributed by atoms with Gasteiger partial charge in [0.2, 0.25) is 0 Å². The molecule has 2 aliphatic rings. The van der Waals surface area contributed by atoms with Crippen LogP contribution in [-0.4, -0.2) is 13.1 Å². The van der Waals surface area contributed by atoms with Crippen LogP contribution in [0.2, 0.25) is 0 Å². The normalized spacial score (nSPS) is 32.6. The van der Waals surface area contributed by atoms with Crippen molar-refractivity contribution in [2.75, 3.05) is 7.11 Å². The average molecular weight is 208 g/mol. The summed E-state index contributed by atoms with van der Waals surface area (Å²) in [7, 11) is 1.48. The molecule has 84 valence electrons. The van der Waals surface area contributed by atoms with E-state index in [9.17, 15) is 4.79 Å². The Bertz CT molecular complexity index is 294. The smallest absolute Gasteiger partial charge is 0.309 e. The van der Waals surface area contributed by atoms with Crippen LogP contribution in [0.15, 0.2) is 11.6 Å². The molecule has 0 aromatic carbocycles. The molecule has 0 N–H and O–H groups in total. The fourth-order valence-corrected chi connectivity index (χ4v) is 2.82. The fourth-order valence-electron chi connectivity index (χ4n) is 2.82. The summed E-state index contributed by atoms with van der Waals surface area (Å²) < 4.78 is 4.84. The van der Waals surface area contributed by atoms with E-state index in [2.05, 4.69) is 19.9 Å². The standard InChI is InChI=1S/C13H20O2/c1-13(2)10(11(13)12(14)15-3)8-9-6-4-5-7-9/h8,10-11H,4-7H2,1-3H3/t10-,11-/m0/s1. The molecule has 0 aromatic heterocycles. The maximum Gasteiger partial charge on any atom is 0.309 e. The Kier molecular flexibility index (Phi) is 2.61. The third-order valence-corrected chi connectivity index (χ3v) is 4.03. The predicted octanol–water partition coefficient (Wildman–Crippen LogP) is 2.93. The van der Waals surface area contributed by atoms with E-state index in [1.807, 2.05) is 0 Å². The summed E-state index contributed by atoms with van der Waals surface area (Å²) in [5, 5.41) is 0. The van der Waals surface area contributed by atoms with Crippen molar-refractivity contribution in [1.82, 2.24) is 0 Å². The van der Waals surface area contributed by atoms with Gasteiger partial charge in [-0.3, -0.25) is 4.79 Å². The predicted molar refractivity (Wildman–Crippen MR) is 59.3 cm³/mol. The van der Waals surface area contributed by atoms with E-state index in [-0.39, 0.29) is 17.3 Å². The SMILES string of the molecule is COC(=O)[C@@H]1[C@H](C=C2CCCC2)C1(C)C. The van der Waals surface area contributed by atoms with Crippen LogP contribution in [0.5, 0.6) is 0 Å². The largest absolute Gasteiger partial charge is 0.469 e. The first kappa shape index (κ1) is 10.7. The van der Waals surface area contributed by atoms with Crippen molar-refractivity contribution in [2.24, 2.45) is 17.3 Å². The van der Waals surface area contributed by atoms with Crippen molar-refractivity contribution < 1.29 is 9.53 Å². The number of hydrogen-bond donors (Lipinski definition) is 0. The summed E-state index contributed by atoms with van der Waals surface area (Å²) in [5.74, 6) is 0.466. The van der Waals surface area contributed by atoms with E-state index in [1.54, 1.807) is 5.57 Å². The molecule has 2 nitrogen and oxygen atoms in total. The van der Waals surface area contributed by atoms with Crippen LogP contribution in [0.25, 0.3) is 0 Å². The highest BCUT2D eigenvalue weighted by molar-refractivity contribution is 5.78. The van der Waals surface area contributed by atoms with E-state index < -0.39 is 0 Å². The second-order valence-corrected chi connectivity index (χ2v) is 5.38. The second kappa shape index (κ2) is 3.66. The van der Waals surface area contributed by atoms with Crippen LogP contribution in [-0.2, 0) is 9.53 Å². The van der Waals surface area contributed by atoms with E-state index >= 15 is 0 Å². The first-order valence-electron chi connectivity index (χ1n) is 5.84. The van der Waals surface area contributed by atoms with Gasteiger partial charge in [-0.2, -0.15) is 0 Å². The van der Waals surface area contributed by atoms with Gasteiger partial charge in [-0.25, -0.2) is 0 Å². The Morgan fingerprint density at radius 2 is 2.00 bits per heavy atom. The number of hydrogen-bond acceptors (Lipinski definition) is 2. The molecule has 0 amide bonds. The maximum atomic E-state index is 11.5. The van der Waals surface area contributed by atoms with Gasteiger partial charge in [0.1, 0.15) is 0 Å². The zero-order valence-electron chi connectivity index (χ0n) is 9.88. The van der Waals surface area contributed by atoms with Crippen molar-refractivity contribution in [2.45, 2.75) is 39.5 Å². The minimum absolute atomic E-state index is 0.0418. The van der Waals surface area contributed by atoms with Gasteiger partial charge >= 0.3 is 5.97 Å². The lowest BCUT2D eigenvalue weighted by Crippen LogP contribution is -2.07. The van der Waals surface area contributed by atoms with Crippen molar-refractivity contribution in [3.63, 3.8) is 0 Å². The molecule has 2 heteroatoms. The molecule has 0 aromatic rings. The molecule has 0 bridgehead atoms. The van der Waals surface area contributed by atoms with Crippen LogP contribution in [0.3, 0.4) is 0 Å². The molecule has 0 aliphatic heterocycles. The van der Waals surface area contributed by atoms with Gasteiger partial charge < -0.3 is 4.74 Å². The zero-order chi connectivity index (χ0) is 11.1. The summed E-state index contributed by atoms with van der Waals surface area (Å²) in [6, 6.07) is 0. The molecular formula is C13H20O2. The summed E-state index contributed by atoms with van der Waals surface area (Å²) in [6.45, 7) is 4.32. The zero-order valence-corrected chi connectivity index (χ0v) is 9.88. The number of allylic oxidation sites excluding steroid dienone is 2. The molecule has 2 saturated carbocycles. The van der Waals surface area contributed by atoms with E-state index in [0.717, 1.165) is 0 Å². The summed E-state index contributed by atoms with van der Waals surface area (Å²) in [6.07, 6.45) is 7.46. The molecule has 0 radical (unpaired) electrons. The lowest BCUT2D eigenvalue weighted by atomic mass is 10.1.